The van der Waals surface area contributed by atoms with Crippen LogP contribution < -0.4 is 0 Å². The van der Waals surface area contributed by atoms with Crippen LogP contribution in [0.25, 0.3) is 0 Å². The molecule has 1 fully saturated rings. The molecule has 0 N–H and O–H groups in total. The van der Waals surface area contributed by atoms with Gasteiger partial charge < -0.3 is 0 Å². The largest absolute Gasteiger partial charge is 0.297 e. The highest BCUT2D eigenvalue weighted by Gasteiger charge is 2.21. The Morgan fingerprint density at radius 2 is 2.10 bits per heavy atom. The van der Waals surface area contributed by atoms with Crippen molar-refractivity contribution in [3.8, 4) is 0 Å². The molecular weight excluding hydrogens is 274 g/mol. The molecule has 108 valence electrons. The summed E-state index contributed by atoms with van der Waals surface area (Å²) in [4.78, 5) is 2.49. The molecule has 1 aliphatic heterocycles. The number of piperidine rings is 1. The first-order valence-corrected chi connectivity index (χ1v) is 7.56. The number of rotatable bonds is 4. The monoisotopic (exact) mass is 293 g/mol. The third-order valence-corrected chi connectivity index (χ3v) is 4.19. The Kier molecular flexibility index (Phi) is 4.08. The Hall–Kier alpha value is -1.33. The predicted molar refractivity (Wildman–Crippen MR) is 78.7 cm³/mol. The zero-order valence-electron chi connectivity index (χ0n) is 11.7. The second-order valence-corrected chi connectivity index (χ2v) is 5.72. The zero-order chi connectivity index (χ0) is 13.9. The maximum absolute atomic E-state index is 5.93. The van der Waals surface area contributed by atoms with E-state index >= 15 is 0 Å². The summed E-state index contributed by atoms with van der Waals surface area (Å²) in [5, 5.41) is 9.37. The number of likely N-dealkylation sites (tertiary alicyclic amines) is 1. The van der Waals surface area contributed by atoms with Gasteiger partial charge in [0.2, 0.25) is 0 Å². The van der Waals surface area contributed by atoms with Crippen LogP contribution in [-0.4, -0.2) is 37.6 Å². The molecule has 0 amide bonds. The molecule has 0 spiro atoms. The van der Waals surface area contributed by atoms with Crippen LogP contribution in [0.2, 0.25) is 5.02 Å². The molecule has 1 saturated heterocycles. The van der Waals surface area contributed by atoms with Crippen molar-refractivity contribution in [3.05, 3.63) is 35.4 Å². The number of hydrogen-bond acceptors (Lipinski definition) is 3. The van der Waals surface area contributed by atoms with E-state index in [1.165, 1.54) is 5.69 Å². The second-order valence-electron chi connectivity index (χ2n) is 5.28. The smallest absolute Gasteiger partial charge is 0.0785 e. The van der Waals surface area contributed by atoms with Crippen molar-refractivity contribution in [2.45, 2.75) is 38.9 Å². The summed E-state index contributed by atoms with van der Waals surface area (Å²) in [5.41, 5.74) is 1.30. The van der Waals surface area contributed by atoms with Crippen molar-refractivity contribution >= 4 is 11.6 Å². The normalized spacial score (nSPS) is 17.7. The van der Waals surface area contributed by atoms with E-state index in [1.807, 2.05) is 17.1 Å². The molecule has 20 heavy (non-hydrogen) atoms. The van der Waals surface area contributed by atoms with Crippen molar-refractivity contribution in [1.82, 2.24) is 24.5 Å². The molecule has 3 rings (SSSR count). The minimum Gasteiger partial charge on any atom is -0.297 e. The van der Waals surface area contributed by atoms with Crippen molar-refractivity contribution < 1.29 is 0 Å². The first kappa shape index (κ1) is 13.6. The highest BCUT2D eigenvalue weighted by molar-refractivity contribution is 6.30. The quantitative estimate of drug-likeness (QED) is 0.870. The minimum absolute atomic E-state index is 0.481. The lowest BCUT2D eigenvalue weighted by Gasteiger charge is -2.32. The van der Waals surface area contributed by atoms with Gasteiger partial charge in [-0.15, -0.1) is 0 Å². The number of halogens is 1. The molecule has 0 unspecified atom stereocenters. The van der Waals surface area contributed by atoms with E-state index in [0.717, 1.165) is 44.0 Å². The van der Waals surface area contributed by atoms with Crippen LogP contribution in [0.5, 0.6) is 0 Å². The zero-order valence-corrected chi connectivity index (χ0v) is 12.5. The molecule has 5 nitrogen and oxygen atoms in total. The molecule has 0 aromatic carbocycles. The van der Waals surface area contributed by atoms with Crippen molar-refractivity contribution in [2.75, 3.05) is 13.1 Å². The summed E-state index contributed by atoms with van der Waals surface area (Å²) in [7, 11) is 0. The first-order chi connectivity index (χ1) is 9.76. The third kappa shape index (κ3) is 2.88. The maximum Gasteiger partial charge on any atom is 0.0785 e. The molecule has 2 aromatic rings. The maximum atomic E-state index is 5.93. The average molecular weight is 294 g/mol. The van der Waals surface area contributed by atoms with Crippen LogP contribution in [0.15, 0.2) is 24.7 Å². The Morgan fingerprint density at radius 1 is 1.30 bits per heavy atom. The standard InChI is InChI=1S/C14H20ClN5/c1-2-19-14(3-6-16-19)11-18-7-4-13(5-8-18)20-10-12(15)9-17-20/h3,6,9-10,13H,2,4-5,7-8,11H2,1H3. The molecule has 2 aromatic heterocycles. The third-order valence-electron chi connectivity index (χ3n) is 3.99. The van der Waals surface area contributed by atoms with Crippen LogP contribution in [0.3, 0.4) is 0 Å². The van der Waals surface area contributed by atoms with Gasteiger partial charge in [0.05, 0.1) is 23.0 Å². The van der Waals surface area contributed by atoms with Crippen LogP contribution in [0.1, 0.15) is 31.5 Å². The van der Waals surface area contributed by atoms with Gasteiger partial charge in [0.15, 0.2) is 0 Å². The summed E-state index contributed by atoms with van der Waals surface area (Å²) >= 11 is 5.93. The van der Waals surface area contributed by atoms with Gasteiger partial charge in [-0.2, -0.15) is 10.2 Å². The number of nitrogens with zero attached hydrogens (tertiary/aromatic N) is 5. The van der Waals surface area contributed by atoms with E-state index in [-0.39, 0.29) is 0 Å². The van der Waals surface area contributed by atoms with Gasteiger partial charge in [-0.3, -0.25) is 14.3 Å². The van der Waals surface area contributed by atoms with Gasteiger partial charge in [-0.25, -0.2) is 0 Å². The van der Waals surface area contributed by atoms with E-state index in [0.29, 0.717) is 6.04 Å². The van der Waals surface area contributed by atoms with Gasteiger partial charge in [-0.05, 0) is 25.8 Å². The molecular formula is C14H20ClN5. The van der Waals surface area contributed by atoms with E-state index in [1.54, 1.807) is 6.20 Å². The van der Waals surface area contributed by atoms with Crippen LogP contribution in [-0.2, 0) is 13.1 Å². The molecule has 6 heteroatoms. The summed E-state index contributed by atoms with van der Waals surface area (Å²) in [5.74, 6) is 0. The molecule has 3 heterocycles. The Morgan fingerprint density at radius 3 is 2.75 bits per heavy atom. The SMILES string of the molecule is CCn1nccc1CN1CCC(n2cc(Cl)cn2)CC1. The van der Waals surface area contributed by atoms with E-state index in [4.69, 9.17) is 11.6 Å². The number of hydrogen-bond donors (Lipinski definition) is 0. The number of aryl methyl sites for hydroxylation is 1. The van der Waals surface area contributed by atoms with Gasteiger partial charge in [0.25, 0.3) is 0 Å². The molecule has 0 bridgehead atoms. The summed E-state index contributed by atoms with van der Waals surface area (Å²) in [6.45, 7) is 6.24. The lowest BCUT2D eigenvalue weighted by atomic mass is 10.1. The second kappa shape index (κ2) is 5.97. The molecule has 0 atom stereocenters. The molecule has 1 aliphatic rings. The first-order valence-electron chi connectivity index (χ1n) is 7.19. The highest BCUT2D eigenvalue weighted by atomic mass is 35.5. The van der Waals surface area contributed by atoms with E-state index in [2.05, 4.69) is 32.8 Å². The van der Waals surface area contributed by atoms with Crippen molar-refractivity contribution in [1.29, 1.82) is 0 Å². The molecule has 0 radical (unpaired) electrons. The predicted octanol–water partition coefficient (Wildman–Crippen LogP) is 2.59. The topological polar surface area (TPSA) is 38.9 Å². The van der Waals surface area contributed by atoms with Gasteiger partial charge >= 0.3 is 0 Å². The summed E-state index contributed by atoms with van der Waals surface area (Å²) in [6.07, 6.45) is 7.77. The summed E-state index contributed by atoms with van der Waals surface area (Å²) in [6, 6.07) is 2.60. The van der Waals surface area contributed by atoms with Crippen molar-refractivity contribution in [3.63, 3.8) is 0 Å². The van der Waals surface area contributed by atoms with Crippen LogP contribution >= 0.6 is 11.6 Å². The van der Waals surface area contributed by atoms with Crippen molar-refractivity contribution in [2.24, 2.45) is 0 Å². The fraction of sp³-hybridized carbons (Fsp3) is 0.571. The van der Waals surface area contributed by atoms with Gasteiger partial charge in [0, 0.05) is 38.6 Å². The summed E-state index contributed by atoms with van der Waals surface area (Å²) < 4.78 is 4.08. The van der Waals surface area contributed by atoms with E-state index in [9.17, 15) is 0 Å². The average Bonchev–Trinajstić information content (AvgIpc) is 3.08. The van der Waals surface area contributed by atoms with Gasteiger partial charge in [0.1, 0.15) is 0 Å². The van der Waals surface area contributed by atoms with Crippen LogP contribution in [0, 0.1) is 0 Å². The van der Waals surface area contributed by atoms with Crippen LogP contribution in [0.4, 0.5) is 0 Å². The lowest BCUT2D eigenvalue weighted by molar-refractivity contribution is 0.169. The number of aromatic nitrogens is 4. The fourth-order valence-corrected chi connectivity index (χ4v) is 3.01. The van der Waals surface area contributed by atoms with E-state index < -0.39 is 0 Å². The Balaban J connectivity index is 1.56. The Labute approximate surface area is 124 Å². The Bertz CT molecular complexity index is 553. The minimum atomic E-state index is 0.481. The molecule has 0 aliphatic carbocycles. The lowest BCUT2D eigenvalue weighted by Crippen LogP contribution is -2.34. The van der Waals surface area contributed by atoms with Gasteiger partial charge in [-0.1, -0.05) is 11.6 Å². The fourth-order valence-electron chi connectivity index (χ4n) is 2.86. The molecule has 0 saturated carbocycles. The highest BCUT2D eigenvalue weighted by Crippen LogP contribution is 2.24.